The van der Waals surface area contributed by atoms with Crippen LogP contribution in [0.25, 0.3) is 0 Å². The lowest BCUT2D eigenvalue weighted by atomic mass is 9.48. The highest BCUT2D eigenvalue weighted by Gasteiger charge is 2.57. The second-order valence-electron chi connectivity index (χ2n) is 9.97. The molecule has 5 atom stereocenters. The molecule has 0 spiro atoms. The van der Waals surface area contributed by atoms with Crippen LogP contribution < -0.4 is 0 Å². The summed E-state index contributed by atoms with van der Waals surface area (Å²) in [5, 5.41) is 0. The average Bonchev–Trinajstić information content (AvgIpc) is 2.94. The molecule has 1 saturated carbocycles. The molecule has 0 aromatic rings. The van der Waals surface area contributed by atoms with Gasteiger partial charge in [0.05, 0.1) is 6.61 Å². The van der Waals surface area contributed by atoms with Gasteiger partial charge >= 0.3 is 17.9 Å². The Morgan fingerprint density at radius 2 is 1.90 bits per heavy atom. The third-order valence-corrected chi connectivity index (χ3v) is 8.05. The van der Waals surface area contributed by atoms with Gasteiger partial charge in [0.1, 0.15) is 12.2 Å². The van der Waals surface area contributed by atoms with E-state index in [1.807, 2.05) is 0 Å². The summed E-state index contributed by atoms with van der Waals surface area (Å²) in [5.41, 5.74) is 3.67. The van der Waals surface area contributed by atoms with Gasteiger partial charge in [-0.1, -0.05) is 25.8 Å². The van der Waals surface area contributed by atoms with Crippen LogP contribution in [0.3, 0.4) is 0 Å². The van der Waals surface area contributed by atoms with E-state index in [4.69, 9.17) is 14.2 Å². The molecule has 30 heavy (non-hydrogen) atoms. The maximum absolute atomic E-state index is 12.3. The second kappa shape index (κ2) is 7.24. The minimum absolute atomic E-state index is 0.0897. The topological polar surface area (TPSA) is 78.9 Å². The molecule has 0 radical (unpaired) electrons. The molecule has 0 aromatic carbocycles. The van der Waals surface area contributed by atoms with E-state index in [2.05, 4.69) is 13.8 Å². The Kier molecular flexibility index (Phi) is 5.10. The van der Waals surface area contributed by atoms with Gasteiger partial charge in [-0.25, -0.2) is 4.79 Å². The second-order valence-corrected chi connectivity index (χ2v) is 9.97. The van der Waals surface area contributed by atoms with Crippen LogP contribution in [0, 0.1) is 16.7 Å². The van der Waals surface area contributed by atoms with Crippen LogP contribution in [-0.4, -0.2) is 36.7 Å². The lowest BCUT2D eigenvalue weighted by Crippen LogP contribution is -2.51. The Bertz CT molecular complexity index is 867. The third-order valence-electron chi connectivity index (χ3n) is 8.05. The van der Waals surface area contributed by atoms with Crippen molar-refractivity contribution >= 4 is 17.9 Å². The van der Waals surface area contributed by atoms with E-state index >= 15 is 0 Å². The fourth-order valence-corrected chi connectivity index (χ4v) is 6.75. The maximum atomic E-state index is 12.3. The van der Waals surface area contributed by atoms with Gasteiger partial charge in [0.25, 0.3) is 0 Å². The van der Waals surface area contributed by atoms with Crippen LogP contribution in [0.1, 0.15) is 73.1 Å². The molecule has 0 amide bonds. The van der Waals surface area contributed by atoms with Crippen molar-refractivity contribution in [1.82, 2.24) is 0 Å². The number of rotatable bonds is 3. The van der Waals surface area contributed by atoms with Crippen molar-refractivity contribution in [3.05, 3.63) is 22.3 Å². The van der Waals surface area contributed by atoms with E-state index < -0.39 is 6.10 Å². The standard InChI is InChI=1S/C24H32O6/c1-13-20-18(30-22(13)27)11-17-16(21(20)29-15(3)26)7-8-19-23(4,12-28-14(2)25)9-6-10-24(17,19)5/h18-19,21H,6-12H2,1-5H3/t18-,19-,21+,23+,24+/m1/s1. The monoisotopic (exact) mass is 416 g/mol. The van der Waals surface area contributed by atoms with Crippen LogP contribution in [0.4, 0.5) is 0 Å². The lowest BCUT2D eigenvalue weighted by Gasteiger charge is -2.57. The molecule has 1 fully saturated rings. The average molecular weight is 417 g/mol. The zero-order valence-corrected chi connectivity index (χ0v) is 18.6. The predicted molar refractivity (Wildman–Crippen MR) is 109 cm³/mol. The lowest BCUT2D eigenvalue weighted by molar-refractivity contribution is -0.149. The third kappa shape index (κ3) is 3.19. The highest BCUT2D eigenvalue weighted by Crippen LogP contribution is 2.63. The van der Waals surface area contributed by atoms with Crippen LogP contribution in [0.15, 0.2) is 22.3 Å². The number of carbonyl (C=O) groups is 3. The van der Waals surface area contributed by atoms with Gasteiger partial charge in [-0.2, -0.15) is 0 Å². The van der Waals surface area contributed by atoms with Crippen LogP contribution in [-0.2, 0) is 28.6 Å². The summed E-state index contributed by atoms with van der Waals surface area (Å²) < 4.78 is 17.0. The maximum Gasteiger partial charge on any atom is 0.334 e. The van der Waals surface area contributed by atoms with Crippen LogP contribution in [0.2, 0.25) is 0 Å². The zero-order valence-electron chi connectivity index (χ0n) is 18.6. The molecular formula is C24H32O6. The molecule has 0 unspecified atom stereocenters. The van der Waals surface area contributed by atoms with Crippen molar-refractivity contribution in [3.8, 4) is 0 Å². The molecular weight excluding hydrogens is 384 g/mol. The van der Waals surface area contributed by atoms with E-state index in [1.54, 1.807) is 6.92 Å². The van der Waals surface area contributed by atoms with Crippen LogP contribution in [0.5, 0.6) is 0 Å². The highest BCUT2D eigenvalue weighted by molar-refractivity contribution is 5.92. The summed E-state index contributed by atoms with van der Waals surface area (Å²) in [4.78, 5) is 35.7. The molecule has 4 aliphatic rings. The molecule has 4 rings (SSSR count). The Morgan fingerprint density at radius 3 is 2.57 bits per heavy atom. The summed E-state index contributed by atoms with van der Waals surface area (Å²) in [6, 6.07) is 0. The molecule has 6 heteroatoms. The summed E-state index contributed by atoms with van der Waals surface area (Å²) in [7, 11) is 0. The van der Waals surface area contributed by atoms with Gasteiger partial charge in [-0.05, 0) is 49.5 Å². The molecule has 0 bridgehead atoms. The van der Waals surface area contributed by atoms with E-state index in [-0.39, 0.29) is 34.8 Å². The fourth-order valence-electron chi connectivity index (χ4n) is 6.75. The minimum Gasteiger partial charge on any atom is -0.465 e. The molecule has 0 saturated heterocycles. The Hall–Kier alpha value is -2.11. The largest absolute Gasteiger partial charge is 0.465 e. The zero-order chi connectivity index (χ0) is 21.8. The van der Waals surface area contributed by atoms with E-state index in [0.717, 1.165) is 43.3 Å². The summed E-state index contributed by atoms with van der Waals surface area (Å²) in [6.07, 6.45) is 4.71. The quantitative estimate of drug-likeness (QED) is 0.393. The molecule has 1 aliphatic heterocycles. The number of hydrogen-bond donors (Lipinski definition) is 0. The molecule has 0 N–H and O–H groups in total. The first-order valence-electron chi connectivity index (χ1n) is 11.0. The molecule has 3 aliphatic carbocycles. The number of hydrogen-bond acceptors (Lipinski definition) is 6. The Balaban J connectivity index is 1.76. The Morgan fingerprint density at radius 1 is 1.17 bits per heavy atom. The predicted octanol–water partition coefficient (Wildman–Crippen LogP) is 4.03. The van der Waals surface area contributed by atoms with Gasteiger partial charge in [-0.3, -0.25) is 9.59 Å². The molecule has 0 aromatic heterocycles. The van der Waals surface area contributed by atoms with Crippen molar-refractivity contribution in [3.63, 3.8) is 0 Å². The SMILES string of the molecule is CC(=O)OC[C@]1(C)CCC[C@@]2(C)C3=C(CC[C@H]12)[C@H](OC(C)=O)C1=C(C)C(=O)O[C@@H]1C3. The minimum atomic E-state index is -0.498. The normalized spacial score (nSPS) is 37.8. The number of esters is 3. The first-order valence-corrected chi connectivity index (χ1v) is 11.0. The molecule has 6 nitrogen and oxygen atoms in total. The van der Waals surface area contributed by atoms with Crippen molar-refractivity contribution < 1.29 is 28.6 Å². The van der Waals surface area contributed by atoms with E-state index in [9.17, 15) is 14.4 Å². The summed E-state index contributed by atoms with van der Waals surface area (Å²) in [6.45, 7) is 9.62. The van der Waals surface area contributed by atoms with E-state index in [0.29, 0.717) is 24.5 Å². The van der Waals surface area contributed by atoms with Gasteiger partial charge in [-0.15, -0.1) is 0 Å². The van der Waals surface area contributed by atoms with Gasteiger partial charge in [0.15, 0.2) is 0 Å². The van der Waals surface area contributed by atoms with Crippen LogP contribution >= 0.6 is 0 Å². The fraction of sp³-hybridized carbons (Fsp3) is 0.708. The van der Waals surface area contributed by atoms with Crippen molar-refractivity contribution in [2.24, 2.45) is 16.7 Å². The Labute approximate surface area is 178 Å². The smallest absolute Gasteiger partial charge is 0.334 e. The summed E-state index contributed by atoms with van der Waals surface area (Å²) in [5.74, 6) is -0.534. The first-order chi connectivity index (χ1) is 14.1. The number of fused-ring (bicyclic) bond motifs is 3. The van der Waals surface area contributed by atoms with Crippen molar-refractivity contribution in [2.75, 3.05) is 6.61 Å². The van der Waals surface area contributed by atoms with Gasteiger partial charge < -0.3 is 14.2 Å². The molecule has 164 valence electrons. The molecule has 1 heterocycles. The van der Waals surface area contributed by atoms with E-state index in [1.165, 1.54) is 19.4 Å². The number of ether oxygens (including phenoxy) is 3. The summed E-state index contributed by atoms with van der Waals surface area (Å²) >= 11 is 0. The van der Waals surface area contributed by atoms with Gasteiger partial charge in [0, 0.05) is 36.8 Å². The van der Waals surface area contributed by atoms with Crippen molar-refractivity contribution in [2.45, 2.75) is 85.4 Å². The number of carbonyl (C=O) groups excluding carboxylic acids is 3. The first kappa shape index (κ1) is 21.1. The van der Waals surface area contributed by atoms with Crippen molar-refractivity contribution in [1.29, 1.82) is 0 Å². The van der Waals surface area contributed by atoms with Gasteiger partial charge in [0.2, 0.25) is 0 Å². The highest BCUT2D eigenvalue weighted by atomic mass is 16.6.